The van der Waals surface area contributed by atoms with Gasteiger partial charge in [-0.05, 0) is 24.7 Å². The van der Waals surface area contributed by atoms with Gasteiger partial charge in [-0.25, -0.2) is 0 Å². The lowest BCUT2D eigenvalue weighted by molar-refractivity contribution is 0.171. The summed E-state index contributed by atoms with van der Waals surface area (Å²) >= 11 is 0. The second-order valence-corrected chi connectivity index (χ2v) is 4.12. The first-order valence-corrected chi connectivity index (χ1v) is 4.08. The van der Waals surface area contributed by atoms with Gasteiger partial charge >= 0.3 is 0 Å². The zero-order valence-corrected chi connectivity index (χ0v) is 7.33. The Labute approximate surface area is 67.8 Å². The van der Waals surface area contributed by atoms with E-state index < -0.39 is 0 Å². The summed E-state index contributed by atoms with van der Waals surface area (Å²) in [7, 11) is 0. The number of rotatable bonds is 2. The van der Waals surface area contributed by atoms with Crippen molar-refractivity contribution in [3.8, 4) is 6.07 Å². The van der Waals surface area contributed by atoms with E-state index in [9.17, 15) is 0 Å². The lowest BCUT2D eigenvalue weighted by atomic mass is 10.1. The zero-order chi connectivity index (χ0) is 8.65. The van der Waals surface area contributed by atoms with Crippen molar-refractivity contribution in [2.45, 2.75) is 33.3 Å². The number of hydrogen-bond acceptors (Lipinski definition) is 2. The normalized spacial score (nSPS) is 35.9. The lowest BCUT2D eigenvalue weighted by Gasteiger charge is -2.03. The number of aliphatic hydroxyl groups is 1. The largest absolute Gasteiger partial charge is 0.393 e. The van der Waals surface area contributed by atoms with Crippen molar-refractivity contribution in [3.63, 3.8) is 0 Å². The Balaban J connectivity index is 2.48. The highest BCUT2D eigenvalue weighted by Gasteiger charge is 2.57. The van der Waals surface area contributed by atoms with E-state index in [4.69, 9.17) is 10.4 Å². The van der Waals surface area contributed by atoms with Gasteiger partial charge in [-0.1, -0.05) is 13.8 Å². The van der Waals surface area contributed by atoms with Crippen LogP contribution in [0, 0.1) is 28.6 Å². The Bertz CT molecular complexity index is 190. The van der Waals surface area contributed by atoms with Crippen LogP contribution in [0.25, 0.3) is 0 Å². The molecule has 62 valence electrons. The van der Waals surface area contributed by atoms with Crippen LogP contribution in [0.5, 0.6) is 0 Å². The molecule has 0 amide bonds. The molecule has 3 atom stereocenters. The van der Waals surface area contributed by atoms with E-state index >= 15 is 0 Å². The Kier molecular flexibility index (Phi) is 1.94. The summed E-state index contributed by atoms with van der Waals surface area (Å²) in [5.74, 6) is 0.574. The first-order chi connectivity index (χ1) is 5.00. The average Bonchev–Trinajstić information content (AvgIpc) is 2.33. The van der Waals surface area contributed by atoms with Gasteiger partial charge in [0.15, 0.2) is 0 Å². The van der Waals surface area contributed by atoms with Gasteiger partial charge in [-0.3, -0.25) is 0 Å². The molecule has 1 N–H and O–H groups in total. The average molecular weight is 153 g/mol. The highest BCUT2D eigenvalue weighted by Crippen LogP contribution is 2.59. The summed E-state index contributed by atoms with van der Waals surface area (Å²) in [6.07, 6.45) is 0.503. The number of nitrogens with zero attached hydrogens (tertiary/aromatic N) is 1. The highest BCUT2D eigenvalue weighted by molar-refractivity contribution is 5.15. The number of aliphatic hydroxyl groups excluding tert-OH is 1. The molecular formula is C9H15NO. The van der Waals surface area contributed by atoms with Crippen LogP contribution in [-0.4, -0.2) is 11.2 Å². The molecule has 11 heavy (non-hydrogen) atoms. The predicted molar refractivity (Wildman–Crippen MR) is 42.7 cm³/mol. The highest BCUT2D eigenvalue weighted by atomic mass is 16.3. The fraction of sp³-hybridized carbons (Fsp3) is 0.889. The third kappa shape index (κ3) is 1.39. The van der Waals surface area contributed by atoms with Gasteiger partial charge in [-0.2, -0.15) is 5.26 Å². The van der Waals surface area contributed by atoms with E-state index in [2.05, 4.69) is 19.9 Å². The monoisotopic (exact) mass is 153 g/mol. The Morgan fingerprint density at radius 3 is 2.45 bits per heavy atom. The van der Waals surface area contributed by atoms with E-state index in [0.717, 1.165) is 6.42 Å². The van der Waals surface area contributed by atoms with Crippen LogP contribution in [0.3, 0.4) is 0 Å². The van der Waals surface area contributed by atoms with Gasteiger partial charge < -0.3 is 5.11 Å². The van der Waals surface area contributed by atoms with Crippen LogP contribution in [0.4, 0.5) is 0 Å². The van der Waals surface area contributed by atoms with Crippen LogP contribution in [0.15, 0.2) is 0 Å². The van der Waals surface area contributed by atoms with Crippen LogP contribution in [0.1, 0.15) is 27.2 Å². The minimum atomic E-state index is -0.266. The minimum Gasteiger partial charge on any atom is -0.393 e. The van der Waals surface area contributed by atoms with Gasteiger partial charge in [0.05, 0.1) is 18.1 Å². The second kappa shape index (κ2) is 2.49. The van der Waals surface area contributed by atoms with Crippen LogP contribution in [-0.2, 0) is 0 Å². The molecular weight excluding hydrogens is 138 g/mol. The van der Waals surface area contributed by atoms with Gasteiger partial charge in [-0.15, -0.1) is 0 Å². The summed E-state index contributed by atoms with van der Waals surface area (Å²) in [4.78, 5) is 0. The summed E-state index contributed by atoms with van der Waals surface area (Å²) in [6.45, 7) is 5.96. The van der Waals surface area contributed by atoms with Crippen LogP contribution < -0.4 is 0 Å². The fourth-order valence-corrected chi connectivity index (χ4v) is 1.81. The lowest BCUT2D eigenvalue weighted by Crippen LogP contribution is -2.03. The molecule has 0 bridgehead atoms. The first kappa shape index (κ1) is 8.55. The van der Waals surface area contributed by atoms with E-state index in [1.165, 1.54) is 0 Å². The molecule has 2 heteroatoms. The summed E-state index contributed by atoms with van der Waals surface area (Å²) in [5, 5.41) is 17.8. The van der Waals surface area contributed by atoms with E-state index in [0.29, 0.717) is 5.92 Å². The molecule has 1 aliphatic rings. The minimum absolute atomic E-state index is 0.145. The maximum absolute atomic E-state index is 9.10. The molecule has 0 aromatic carbocycles. The van der Waals surface area contributed by atoms with Gasteiger partial charge in [0.2, 0.25) is 0 Å². The van der Waals surface area contributed by atoms with Gasteiger partial charge in [0, 0.05) is 0 Å². The fourth-order valence-electron chi connectivity index (χ4n) is 1.81. The Morgan fingerprint density at radius 1 is 1.64 bits per heavy atom. The van der Waals surface area contributed by atoms with Crippen LogP contribution in [0.2, 0.25) is 0 Å². The number of hydrogen-bond donors (Lipinski definition) is 1. The standard InChI is InChI=1S/C9H15NO/c1-6(11)4-7-8(5-10)9(7,2)3/h6-8,11H,4H2,1-3H3/t6-,7-,8+/m0/s1. The smallest absolute Gasteiger partial charge is 0.0664 e. The second-order valence-electron chi connectivity index (χ2n) is 4.12. The molecule has 0 spiro atoms. The molecule has 1 fully saturated rings. The van der Waals surface area contributed by atoms with E-state index in [1.54, 1.807) is 6.92 Å². The van der Waals surface area contributed by atoms with Crippen molar-refractivity contribution < 1.29 is 5.11 Å². The predicted octanol–water partition coefficient (Wildman–Crippen LogP) is 1.55. The van der Waals surface area contributed by atoms with Crippen molar-refractivity contribution >= 4 is 0 Å². The molecule has 0 aromatic rings. The zero-order valence-electron chi connectivity index (χ0n) is 7.33. The SMILES string of the molecule is C[C@H](O)C[C@H]1[C@@H](C#N)C1(C)C. The molecule has 0 radical (unpaired) electrons. The summed E-state index contributed by atoms with van der Waals surface area (Å²) < 4.78 is 0. The van der Waals surface area contributed by atoms with Crippen molar-refractivity contribution in [2.24, 2.45) is 17.3 Å². The van der Waals surface area contributed by atoms with Crippen molar-refractivity contribution in [1.29, 1.82) is 5.26 Å². The van der Waals surface area contributed by atoms with Crippen molar-refractivity contribution in [1.82, 2.24) is 0 Å². The first-order valence-electron chi connectivity index (χ1n) is 4.08. The molecule has 1 aliphatic carbocycles. The Hall–Kier alpha value is -0.550. The number of nitriles is 1. The quantitative estimate of drug-likeness (QED) is 0.654. The maximum atomic E-state index is 9.10. The molecule has 0 heterocycles. The molecule has 2 nitrogen and oxygen atoms in total. The van der Waals surface area contributed by atoms with E-state index in [-0.39, 0.29) is 17.4 Å². The molecule has 0 unspecified atom stereocenters. The topological polar surface area (TPSA) is 44.0 Å². The van der Waals surface area contributed by atoms with Gasteiger partial charge in [0.25, 0.3) is 0 Å². The summed E-state index contributed by atoms with van der Waals surface area (Å²) in [6, 6.07) is 2.27. The van der Waals surface area contributed by atoms with Crippen molar-refractivity contribution in [2.75, 3.05) is 0 Å². The Morgan fingerprint density at radius 2 is 2.18 bits per heavy atom. The molecule has 1 saturated carbocycles. The molecule has 0 saturated heterocycles. The third-order valence-corrected chi connectivity index (χ3v) is 2.78. The maximum Gasteiger partial charge on any atom is 0.0664 e. The molecule has 0 aromatic heterocycles. The van der Waals surface area contributed by atoms with Crippen LogP contribution >= 0.6 is 0 Å². The molecule has 1 rings (SSSR count). The van der Waals surface area contributed by atoms with E-state index in [1.807, 2.05) is 0 Å². The molecule has 0 aliphatic heterocycles. The van der Waals surface area contributed by atoms with Crippen molar-refractivity contribution in [3.05, 3.63) is 0 Å². The van der Waals surface area contributed by atoms with Gasteiger partial charge in [0.1, 0.15) is 0 Å². The third-order valence-electron chi connectivity index (χ3n) is 2.78. The summed E-state index contributed by atoms with van der Waals surface area (Å²) in [5.41, 5.74) is 0.145.